The van der Waals surface area contributed by atoms with Crippen LogP contribution in [0.2, 0.25) is 0 Å². The van der Waals surface area contributed by atoms with Crippen molar-refractivity contribution >= 4 is 45.0 Å². The fourth-order valence-electron chi connectivity index (χ4n) is 6.77. The van der Waals surface area contributed by atoms with Crippen LogP contribution in [-0.2, 0) is 19.1 Å². The van der Waals surface area contributed by atoms with E-state index in [9.17, 15) is 22.8 Å². The standard InChI is InChI=1S/C21H21N3O3.C20H18F3N3O3/c1-26-18-9-14-17(10-19(18)27-2)23-11-15(21(22)25)20(14)24-16-8-7-12-5-3-4-6-13(12)16;1-28-16-7-12-15(8-17(16)29-2)25-10-13(19(24)27)18(12)26-9-11-5-3-4-6-14(11)20(21,22)23/h3-6,9-11,16H,7-8H2,1-2H3,(H2,22,25)(H,23,24);3-8,10H,9H2,1-2H3,(H2,24,27)(H,25,26). The van der Waals surface area contributed by atoms with E-state index in [1.54, 1.807) is 32.4 Å². The zero-order valence-electron chi connectivity index (χ0n) is 30.9. The number of hydrogen-bond donors (Lipinski definition) is 4. The molecule has 0 bridgehead atoms. The van der Waals surface area contributed by atoms with Gasteiger partial charge in [0.1, 0.15) is 0 Å². The maximum Gasteiger partial charge on any atom is 0.416 e. The molecule has 1 unspecified atom stereocenters. The Kier molecular flexibility index (Phi) is 11.3. The van der Waals surface area contributed by atoms with Crippen LogP contribution in [0, 0.1) is 0 Å². The summed E-state index contributed by atoms with van der Waals surface area (Å²) in [5.41, 5.74) is 15.4. The number of ether oxygens (including phenoxy) is 4. The Balaban J connectivity index is 0.000000190. The molecular weight excluding hydrogens is 729 g/mol. The number of aromatic nitrogens is 2. The molecule has 56 heavy (non-hydrogen) atoms. The van der Waals surface area contributed by atoms with Crippen LogP contribution in [0.25, 0.3) is 21.8 Å². The maximum absolute atomic E-state index is 13.3. The molecule has 1 aliphatic rings. The van der Waals surface area contributed by atoms with Crippen LogP contribution in [0.3, 0.4) is 0 Å². The van der Waals surface area contributed by atoms with Gasteiger partial charge in [0, 0.05) is 41.8 Å². The zero-order valence-corrected chi connectivity index (χ0v) is 30.9. The Morgan fingerprint density at radius 3 is 1.79 bits per heavy atom. The number of aryl methyl sites for hydroxylation is 1. The third kappa shape index (κ3) is 7.87. The highest BCUT2D eigenvalue weighted by atomic mass is 19.4. The number of anilines is 2. The maximum atomic E-state index is 13.3. The Bertz CT molecular complexity index is 2440. The quantitative estimate of drug-likeness (QED) is 0.104. The van der Waals surface area contributed by atoms with Crippen LogP contribution in [0.15, 0.2) is 85.2 Å². The second kappa shape index (κ2) is 16.3. The summed E-state index contributed by atoms with van der Waals surface area (Å²) in [6, 6.07) is 20.5. The molecule has 1 aliphatic carbocycles. The van der Waals surface area contributed by atoms with Gasteiger partial charge in [-0.2, -0.15) is 13.2 Å². The van der Waals surface area contributed by atoms with Gasteiger partial charge in [-0.05, 0) is 47.7 Å². The fourth-order valence-corrected chi connectivity index (χ4v) is 6.77. The molecule has 2 amide bonds. The second-order valence-corrected chi connectivity index (χ2v) is 12.7. The number of halogens is 3. The third-order valence-corrected chi connectivity index (χ3v) is 9.51. The summed E-state index contributed by atoms with van der Waals surface area (Å²) in [6.07, 6.45) is 0.241. The van der Waals surface area contributed by atoms with E-state index in [-0.39, 0.29) is 29.4 Å². The lowest BCUT2D eigenvalue weighted by Crippen LogP contribution is -2.17. The molecule has 12 nitrogen and oxygen atoms in total. The van der Waals surface area contributed by atoms with E-state index < -0.39 is 23.6 Å². The van der Waals surface area contributed by atoms with Gasteiger partial charge in [-0.25, -0.2) is 0 Å². The Morgan fingerprint density at radius 2 is 1.23 bits per heavy atom. The first kappa shape index (κ1) is 38.9. The zero-order chi connectivity index (χ0) is 40.1. The predicted octanol–water partition coefficient (Wildman–Crippen LogP) is 7.43. The van der Waals surface area contributed by atoms with Crippen LogP contribution in [0.5, 0.6) is 23.0 Å². The van der Waals surface area contributed by atoms with Crippen LogP contribution < -0.4 is 41.0 Å². The fraction of sp³-hybridized carbons (Fsp3) is 0.220. The summed E-state index contributed by atoms with van der Waals surface area (Å²) < 4.78 is 61.1. The molecule has 290 valence electrons. The number of methoxy groups -OCH3 is 4. The summed E-state index contributed by atoms with van der Waals surface area (Å²) in [5, 5.41) is 7.69. The lowest BCUT2D eigenvalue weighted by molar-refractivity contribution is -0.138. The average molecular weight is 769 g/mol. The Labute approximate surface area is 319 Å². The van der Waals surface area contributed by atoms with Gasteiger partial charge in [-0.15, -0.1) is 0 Å². The molecule has 1 atom stereocenters. The van der Waals surface area contributed by atoms with E-state index in [1.807, 2.05) is 12.1 Å². The molecule has 4 aromatic carbocycles. The van der Waals surface area contributed by atoms with E-state index >= 15 is 0 Å². The van der Waals surface area contributed by atoms with Gasteiger partial charge in [0.2, 0.25) is 0 Å². The molecule has 15 heteroatoms. The number of carbonyl (C=O) groups excluding carboxylic acids is 2. The van der Waals surface area contributed by atoms with Crippen molar-refractivity contribution in [1.29, 1.82) is 0 Å². The van der Waals surface area contributed by atoms with Crippen LogP contribution in [-0.4, -0.2) is 50.2 Å². The van der Waals surface area contributed by atoms with Gasteiger partial charge < -0.3 is 41.0 Å². The molecule has 2 heterocycles. The molecule has 0 saturated heterocycles. The minimum Gasteiger partial charge on any atom is -0.493 e. The minimum atomic E-state index is -4.50. The number of nitrogens with one attached hydrogen (secondary N) is 2. The van der Waals surface area contributed by atoms with Crippen molar-refractivity contribution in [2.75, 3.05) is 39.1 Å². The van der Waals surface area contributed by atoms with Gasteiger partial charge in [0.25, 0.3) is 11.8 Å². The van der Waals surface area contributed by atoms with E-state index in [2.05, 4.69) is 38.8 Å². The monoisotopic (exact) mass is 768 g/mol. The van der Waals surface area contributed by atoms with E-state index in [4.69, 9.17) is 30.4 Å². The first-order valence-electron chi connectivity index (χ1n) is 17.3. The molecule has 0 saturated carbocycles. The second-order valence-electron chi connectivity index (χ2n) is 12.7. The van der Waals surface area contributed by atoms with Gasteiger partial charge in [0.15, 0.2) is 23.0 Å². The van der Waals surface area contributed by atoms with Gasteiger partial charge in [-0.1, -0.05) is 42.5 Å². The summed E-state index contributed by atoms with van der Waals surface area (Å²) in [7, 11) is 6.07. The number of alkyl halides is 3. The summed E-state index contributed by atoms with van der Waals surface area (Å²) in [6.45, 7) is -0.177. The van der Waals surface area contributed by atoms with E-state index in [0.29, 0.717) is 50.7 Å². The summed E-state index contributed by atoms with van der Waals surface area (Å²) in [5.74, 6) is 0.674. The van der Waals surface area contributed by atoms with Crippen molar-refractivity contribution in [1.82, 2.24) is 9.97 Å². The number of hydrogen-bond acceptors (Lipinski definition) is 10. The first-order valence-corrected chi connectivity index (χ1v) is 17.3. The number of benzene rings is 4. The Morgan fingerprint density at radius 1 is 0.732 bits per heavy atom. The SMILES string of the molecule is COc1cc2ncc(C(N)=O)c(NC3CCc4ccccc43)c2cc1OC.COc1cc2ncc(C(N)=O)c(NCc3ccccc3C(F)(F)F)c2cc1OC. The lowest BCUT2D eigenvalue weighted by Gasteiger charge is -2.20. The Hall–Kier alpha value is -6.77. The highest BCUT2D eigenvalue weighted by molar-refractivity contribution is 6.08. The summed E-state index contributed by atoms with van der Waals surface area (Å²) in [4.78, 5) is 32.5. The first-order chi connectivity index (χ1) is 26.9. The minimum absolute atomic E-state index is 0.0286. The molecule has 0 spiro atoms. The van der Waals surface area contributed by atoms with Gasteiger partial charge >= 0.3 is 6.18 Å². The molecular formula is C41H39F3N6O6. The van der Waals surface area contributed by atoms with E-state index in [1.165, 1.54) is 55.9 Å². The molecule has 0 radical (unpaired) electrons. The smallest absolute Gasteiger partial charge is 0.416 e. The highest BCUT2D eigenvalue weighted by Crippen LogP contribution is 2.41. The normalized spacial score (nSPS) is 13.3. The molecule has 6 aromatic rings. The number of pyridine rings is 2. The topological polar surface area (TPSA) is 173 Å². The number of fused-ring (bicyclic) bond motifs is 3. The van der Waals surface area contributed by atoms with Gasteiger partial charge in [-0.3, -0.25) is 19.6 Å². The largest absolute Gasteiger partial charge is 0.493 e. The molecule has 0 fully saturated rings. The number of amides is 2. The van der Waals surface area contributed by atoms with Crippen molar-refractivity contribution in [2.45, 2.75) is 31.6 Å². The number of carbonyl (C=O) groups is 2. The molecule has 6 N–H and O–H groups in total. The van der Waals surface area contributed by atoms with Crippen LogP contribution >= 0.6 is 0 Å². The van der Waals surface area contributed by atoms with Crippen molar-refractivity contribution in [3.63, 3.8) is 0 Å². The number of primary amides is 2. The number of nitrogens with zero attached hydrogens (tertiary/aromatic N) is 2. The number of rotatable bonds is 11. The van der Waals surface area contributed by atoms with E-state index in [0.717, 1.165) is 24.3 Å². The van der Waals surface area contributed by atoms with Crippen molar-refractivity contribution in [3.05, 3.63) is 119 Å². The lowest BCUT2D eigenvalue weighted by atomic mass is 10.0. The van der Waals surface area contributed by atoms with Crippen molar-refractivity contribution < 1.29 is 41.7 Å². The van der Waals surface area contributed by atoms with Crippen molar-refractivity contribution in [3.8, 4) is 23.0 Å². The predicted molar refractivity (Wildman–Crippen MR) is 207 cm³/mol. The third-order valence-electron chi connectivity index (χ3n) is 9.51. The van der Waals surface area contributed by atoms with Gasteiger partial charge in [0.05, 0.1) is 73.6 Å². The molecule has 0 aliphatic heterocycles. The van der Waals surface area contributed by atoms with Crippen LogP contribution in [0.4, 0.5) is 24.5 Å². The highest BCUT2D eigenvalue weighted by Gasteiger charge is 2.33. The number of nitrogens with two attached hydrogens (primary N) is 2. The molecule has 7 rings (SSSR count). The summed E-state index contributed by atoms with van der Waals surface area (Å²) >= 11 is 0. The molecule has 2 aromatic heterocycles. The average Bonchev–Trinajstić information content (AvgIpc) is 3.61. The van der Waals surface area contributed by atoms with Crippen LogP contribution in [0.1, 0.15) is 55.4 Å². The van der Waals surface area contributed by atoms with Crippen molar-refractivity contribution in [2.24, 2.45) is 11.5 Å².